The Labute approximate surface area is 123 Å². The first-order chi connectivity index (χ1) is 9.74. The molecule has 0 aliphatic rings. The smallest absolute Gasteiger partial charge is 0.161 e. The first kappa shape index (κ1) is 16.8. The van der Waals surface area contributed by atoms with Gasteiger partial charge in [-0.2, -0.15) is 0 Å². The van der Waals surface area contributed by atoms with Gasteiger partial charge < -0.3 is 14.8 Å². The van der Waals surface area contributed by atoms with Crippen LogP contribution in [0.2, 0.25) is 0 Å². The molecule has 0 unspecified atom stereocenters. The van der Waals surface area contributed by atoms with E-state index in [1.807, 2.05) is 24.3 Å². The highest BCUT2D eigenvalue weighted by Gasteiger charge is 2.01. The van der Waals surface area contributed by atoms with E-state index in [4.69, 9.17) is 9.47 Å². The van der Waals surface area contributed by atoms with Gasteiger partial charge in [0.05, 0.1) is 13.7 Å². The number of rotatable bonds is 11. The van der Waals surface area contributed by atoms with E-state index in [1.165, 1.54) is 19.3 Å². The first-order valence-electron chi connectivity index (χ1n) is 7.70. The first-order valence-corrected chi connectivity index (χ1v) is 7.70. The zero-order chi connectivity index (χ0) is 14.6. The monoisotopic (exact) mass is 279 g/mol. The van der Waals surface area contributed by atoms with E-state index in [1.54, 1.807) is 7.11 Å². The van der Waals surface area contributed by atoms with Gasteiger partial charge in [-0.3, -0.25) is 0 Å². The molecule has 0 aliphatic carbocycles. The molecular formula is C17H29NO2. The van der Waals surface area contributed by atoms with Crippen LogP contribution in [0.25, 0.3) is 0 Å². The van der Waals surface area contributed by atoms with Crippen LogP contribution in [0.5, 0.6) is 11.5 Å². The average Bonchev–Trinajstić information content (AvgIpc) is 2.45. The van der Waals surface area contributed by atoms with Crippen LogP contribution < -0.4 is 14.8 Å². The third-order valence-electron chi connectivity index (χ3n) is 3.13. The fraction of sp³-hybridized carbons (Fsp3) is 0.647. The quantitative estimate of drug-likeness (QED) is 0.624. The van der Waals surface area contributed by atoms with Gasteiger partial charge in [-0.05, 0) is 44.0 Å². The van der Waals surface area contributed by atoms with Gasteiger partial charge >= 0.3 is 0 Å². The molecule has 0 aromatic heterocycles. The van der Waals surface area contributed by atoms with E-state index in [9.17, 15) is 0 Å². The molecule has 3 nitrogen and oxygen atoms in total. The SMILES string of the molecule is COc1ccccc1OCCCCCCNCC(C)C. The van der Waals surface area contributed by atoms with Crippen molar-refractivity contribution in [2.45, 2.75) is 39.5 Å². The van der Waals surface area contributed by atoms with Gasteiger partial charge in [-0.15, -0.1) is 0 Å². The Balaban J connectivity index is 1.99. The lowest BCUT2D eigenvalue weighted by Crippen LogP contribution is -2.20. The second-order valence-corrected chi connectivity index (χ2v) is 5.51. The van der Waals surface area contributed by atoms with E-state index >= 15 is 0 Å². The summed E-state index contributed by atoms with van der Waals surface area (Å²) in [6.45, 7) is 7.49. The largest absolute Gasteiger partial charge is 0.493 e. The van der Waals surface area contributed by atoms with Crippen LogP contribution in [-0.2, 0) is 0 Å². The van der Waals surface area contributed by atoms with Crippen LogP contribution in [0.1, 0.15) is 39.5 Å². The molecule has 0 amide bonds. The summed E-state index contributed by atoms with van der Waals surface area (Å²) in [6, 6.07) is 7.80. The van der Waals surface area contributed by atoms with Crippen molar-refractivity contribution in [2.75, 3.05) is 26.8 Å². The summed E-state index contributed by atoms with van der Waals surface area (Å²) < 4.78 is 11.0. The number of benzene rings is 1. The number of ether oxygens (including phenoxy) is 2. The van der Waals surface area contributed by atoms with Crippen LogP contribution in [0, 0.1) is 5.92 Å². The van der Waals surface area contributed by atoms with Gasteiger partial charge in [-0.25, -0.2) is 0 Å². The van der Waals surface area contributed by atoms with Crippen LogP contribution in [0.15, 0.2) is 24.3 Å². The summed E-state index contributed by atoms with van der Waals surface area (Å²) in [7, 11) is 1.67. The number of para-hydroxylation sites is 2. The second-order valence-electron chi connectivity index (χ2n) is 5.51. The molecule has 0 saturated carbocycles. The molecule has 0 spiro atoms. The average molecular weight is 279 g/mol. The molecule has 20 heavy (non-hydrogen) atoms. The lowest BCUT2D eigenvalue weighted by atomic mass is 10.2. The minimum Gasteiger partial charge on any atom is -0.493 e. The van der Waals surface area contributed by atoms with Crippen LogP contribution in [0.4, 0.5) is 0 Å². The van der Waals surface area contributed by atoms with E-state index in [2.05, 4.69) is 19.2 Å². The predicted octanol–water partition coefficient (Wildman–Crippen LogP) is 3.88. The second kappa shape index (κ2) is 10.6. The Bertz CT molecular complexity index is 353. The topological polar surface area (TPSA) is 30.5 Å². The van der Waals surface area contributed by atoms with Crippen molar-refractivity contribution in [3.8, 4) is 11.5 Å². The summed E-state index contributed by atoms with van der Waals surface area (Å²) in [5.74, 6) is 2.39. The summed E-state index contributed by atoms with van der Waals surface area (Å²) in [5.41, 5.74) is 0. The molecule has 1 N–H and O–H groups in total. The van der Waals surface area contributed by atoms with Gasteiger partial charge in [0.15, 0.2) is 11.5 Å². The van der Waals surface area contributed by atoms with Crippen LogP contribution in [0.3, 0.4) is 0 Å². The number of methoxy groups -OCH3 is 1. The van der Waals surface area contributed by atoms with E-state index < -0.39 is 0 Å². The van der Waals surface area contributed by atoms with Crippen molar-refractivity contribution >= 4 is 0 Å². The number of nitrogens with one attached hydrogen (secondary N) is 1. The van der Waals surface area contributed by atoms with Gasteiger partial charge in [0.2, 0.25) is 0 Å². The van der Waals surface area contributed by atoms with E-state index in [0.29, 0.717) is 0 Å². The van der Waals surface area contributed by atoms with Crippen molar-refractivity contribution in [3.63, 3.8) is 0 Å². The maximum absolute atomic E-state index is 5.75. The van der Waals surface area contributed by atoms with Crippen molar-refractivity contribution in [3.05, 3.63) is 24.3 Å². The molecule has 3 heteroatoms. The predicted molar refractivity (Wildman–Crippen MR) is 84.7 cm³/mol. The maximum atomic E-state index is 5.75. The van der Waals surface area contributed by atoms with Gasteiger partial charge in [-0.1, -0.05) is 38.8 Å². The minimum absolute atomic E-state index is 0.740. The van der Waals surface area contributed by atoms with Gasteiger partial charge in [0.1, 0.15) is 0 Å². The Kier molecular flexibility index (Phi) is 8.88. The Morgan fingerprint density at radius 1 is 1.00 bits per heavy atom. The zero-order valence-corrected chi connectivity index (χ0v) is 13.2. The van der Waals surface area contributed by atoms with Crippen LogP contribution in [-0.4, -0.2) is 26.8 Å². The third-order valence-corrected chi connectivity index (χ3v) is 3.13. The number of unbranched alkanes of at least 4 members (excludes halogenated alkanes) is 3. The Morgan fingerprint density at radius 2 is 1.70 bits per heavy atom. The minimum atomic E-state index is 0.740. The highest BCUT2D eigenvalue weighted by molar-refractivity contribution is 5.39. The molecule has 0 radical (unpaired) electrons. The molecule has 0 heterocycles. The highest BCUT2D eigenvalue weighted by atomic mass is 16.5. The third kappa shape index (κ3) is 7.39. The van der Waals surface area contributed by atoms with Crippen molar-refractivity contribution < 1.29 is 9.47 Å². The standard InChI is InChI=1S/C17H29NO2/c1-15(2)14-18-12-8-4-5-9-13-20-17-11-7-6-10-16(17)19-3/h6-7,10-11,15,18H,4-5,8-9,12-14H2,1-3H3. The molecule has 1 aromatic carbocycles. The summed E-state index contributed by atoms with van der Waals surface area (Å²) >= 11 is 0. The fourth-order valence-corrected chi connectivity index (χ4v) is 2.02. The van der Waals surface area contributed by atoms with Crippen molar-refractivity contribution in [2.24, 2.45) is 5.92 Å². The molecule has 1 rings (SSSR count). The number of hydrogen-bond donors (Lipinski definition) is 1. The number of hydrogen-bond acceptors (Lipinski definition) is 3. The van der Waals surface area contributed by atoms with Gasteiger partial charge in [0, 0.05) is 0 Å². The highest BCUT2D eigenvalue weighted by Crippen LogP contribution is 2.25. The molecule has 0 atom stereocenters. The van der Waals surface area contributed by atoms with Crippen LogP contribution >= 0.6 is 0 Å². The lowest BCUT2D eigenvalue weighted by Gasteiger charge is -2.10. The Morgan fingerprint density at radius 3 is 2.40 bits per heavy atom. The van der Waals surface area contributed by atoms with Gasteiger partial charge in [0.25, 0.3) is 0 Å². The zero-order valence-electron chi connectivity index (χ0n) is 13.2. The molecular weight excluding hydrogens is 250 g/mol. The molecule has 0 aliphatic heterocycles. The van der Waals surface area contributed by atoms with Crippen molar-refractivity contribution in [1.29, 1.82) is 0 Å². The molecule has 0 fully saturated rings. The van der Waals surface area contributed by atoms with Crippen molar-refractivity contribution in [1.82, 2.24) is 5.32 Å². The lowest BCUT2D eigenvalue weighted by molar-refractivity contribution is 0.284. The molecule has 0 saturated heterocycles. The van der Waals surface area contributed by atoms with E-state index in [-0.39, 0.29) is 0 Å². The Hall–Kier alpha value is -1.22. The summed E-state index contributed by atoms with van der Waals surface area (Å²) in [4.78, 5) is 0. The molecule has 1 aromatic rings. The fourth-order valence-electron chi connectivity index (χ4n) is 2.02. The molecule has 114 valence electrons. The summed E-state index contributed by atoms with van der Waals surface area (Å²) in [6.07, 6.45) is 4.84. The van der Waals surface area contributed by atoms with E-state index in [0.717, 1.165) is 43.5 Å². The molecule has 0 bridgehead atoms. The normalized spacial score (nSPS) is 10.8. The summed E-state index contributed by atoms with van der Waals surface area (Å²) in [5, 5.41) is 3.47. The maximum Gasteiger partial charge on any atom is 0.161 e.